The zero-order valence-electron chi connectivity index (χ0n) is 10.7. The van der Waals surface area contributed by atoms with Crippen LogP contribution in [0.5, 0.6) is 5.75 Å². The summed E-state index contributed by atoms with van der Waals surface area (Å²) in [6.45, 7) is 1.31. The van der Waals surface area contributed by atoms with Gasteiger partial charge in [-0.25, -0.2) is 4.39 Å². The minimum absolute atomic E-state index is 0.0230. The second-order valence-corrected chi connectivity index (χ2v) is 6.23. The van der Waals surface area contributed by atoms with Crippen molar-refractivity contribution < 1.29 is 14.3 Å². The Bertz CT molecular complexity index is 658. The van der Waals surface area contributed by atoms with Crippen molar-refractivity contribution in [2.24, 2.45) is 0 Å². The molecule has 0 fully saturated rings. The largest absolute Gasteiger partial charge is 0.507 e. The topological polar surface area (TPSA) is 37.3 Å². The summed E-state index contributed by atoms with van der Waals surface area (Å²) in [6.07, 6.45) is 0. The van der Waals surface area contributed by atoms with Gasteiger partial charge in [-0.1, -0.05) is 22.0 Å². The second kappa shape index (κ2) is 6.41. The molecular formula is C15H12BrFO2S. The quantitative estimate of drug-likeness (QED) is 0.633. The van der Waals surface area contributed by atoms with Crippen molar-refractivity contribution in [3.8, 4) is 5.75 Å². The number of halogens is 2. The van der Waals surface area contributed by atoms with Crippen molar-refractivity contribution >= 4 is 33.5 Å². The molecule has 0 atom stereocenters. The van der Waals surface area contributed by atoms with Gasteiger partial charge in [-0.15, -0.1) is 11.8 Å². The first-order chi connectivity index (χ1) is 9.47. The van der Waals surface area contributed by atoms with Gasteiger partial charge in [0.25, 0.3) is 0 Å². The molecule has 1 N–H and O–H groups in total. The summed E-state index contributed by atoms with van der Waals surface area (Å²) in [5.74, 6) is -0.615. The zero-order valence-corrected chi connectivity index (χ0v) is 13.1. The monoisotopic (exact) mass is 354 g/mol. The lowest BCUT2D eigenvalue weighted by atomic mass is 10.1. The van der Waals surface area contributed by atoms with Gasteiger partial charge in [0.05, 0.1) is 5.56 Å². The van der Waals surface area contributed by atoms with Crippen molar-refractivity contribution in [1.29, 1.82) is 0 Å². The molecule has 104 valence electrons. The number of hydrogen-bond acceptors (Lipinski definition) is 3. The maximum atomic E-state index is 13.5. The molecule has 0 aliphatic rings. The van der Waals surface area contributed by atoms with Gasteiger partial charge in [0.15, 0.2) is 5.78 Å². The number of carbonyl (C=O) groups is 1. The highest BCUT2D eigenvalue weighted by atomic mass is 79.9. The average molecular weight is 355 g/mol. The lowest BCUT2D eigenvalue weighted by Crippen LogP contribution is -1.97. The number of phenols is 1. The Labute approximate surface area is 129 Å². The predicted octanol–water partition coefficient (Wildman–Crippen LogP) is 4.79. The molecule has 0 radical (unpaired) electrons. The highest BCUT2D eigenvalue weighted by molar-refractivity contribution is 9.10. The van der Waals surface area contributed by atoms with Crippen LogP contribution in [0, 0.1) is 5.82 Å². The number of benzene rings is 2. The molecule has 0 unspecified atom stereocenters. The molecule has 5 heteroatoms. The summed E-state index contributed by atoms with van der Waals surface area (Å²) in [7, 11) is 0. The Morgan fingerprint density at radius 2 is 2.10 bits per heavy atom. The molecule has 0 spiro atoms. The molecule has 0 aromatic heterocycles. The maximum absolute atomic E-state index is 13.5. The number of thioether (sulfide) groups is 1. The highest BCUT2D eigenvalue weighted by Gasteiger charge is 2.13. The summed E-state index contributed by atoms with van der Waals surface area (Å²) < 4.78 is 14.4. The van der Waals surface area contributed by atoms with Crippen molar-refractivity contribution in [2.45, 2.75) is 17.6 Å². The molecule has 2 aromatic carbocycles. The van der Waals surface area contributed by atoms with E-state index in [4.69, 9.17) is 0 Å². The third-order valence-electron chi connectivity index (χ3n) is 2.72. The fourth-order valence-corrected chi connectivity index (χ4v) is 3.23. The summed E-state index contributed by atoms with van der Waals surface area (Å²) in [5.41, 5.74) is 0.440. The van der Waals surface area contributed by atoms with Crippen LogP contribution in [0.2, 0.25) is 0 Å². The van der Waals surface area contributed by atoms with Crippen LogP contribution >= 0.6 is 27.7 Å². The molecule has 0 aliphatic heterocycles. The van der Waals surface area contributed by atoms with E-state index in [0.717, 1.165) is 15.4 Å². The fraction of sp³-hybridized carbons (Fsp3) is 0.133. The number of hydrogen-bond donors (Lipinski definition) is 1. The van der Waals surface area contributed by atoms with E-state index in [0.29, 0.717) is 11.3 Å². The van der Waals surface area contributed by atoms with E-state index in [9.17, 15) is 14.3 Å². The van der Waals surface area contributed by atoms with Gasteiger partial charge >= 0.3 is 0 Å². The molecule has 0 saturated heterocycles. The number of carbonyl (C=O) groups excluding carboxylic acids is 1. The van der Waals surface area contributed by atoms with Crippen LogP contribution in [0.3, 0.4) is 0 Å². The summed E-state index contributed by atoms with van der Waals surface area (Å²) in [6, 6.07) is 10.00. The van der Waals surface area contributed by atoms with Crippen LogP contribution in [0.15, 0.2) is 45.8 Å². The molecule has 2 rings (SSSR count). The molecular weight excluding hydrogens is 343 g/mol. The minimum Gasteiger partial charge on any atom is -0.507 e. The zero-order chi connectivity index (χ0) is 14.7. The molecule has 0 saturated carbocycles. The van der Waals surface area contributed by atoms with Gasteiger partial charge in [-0.2, -0.15) is 0 Å². The van der Waals surface area contributed by atoms with Gasteiger partial charge in [0.1, 0.15) is 11.6 Å². The first kappa shape index (κ1) is 15.1. The molecule has 0 heterocycles. The Morgan fingerprint density at radius 3 is 2.75 bits per heavy atom. The number of ketones is 1. The molecule has 20 heavy (non-hydrogen) atoms. The smallest absolute Gasteiger partial charge is 0.163 e. The normalized spacial score (nSPS) is 10.6. The van der Waals surface area contributed by atoms with E-state index in [1.807, 2.05) is 24.3 Å². The third kappa shape index (κ3) is 3.61. The third-order valence-corrected chi connectivity index (χ3v) is 4.26. The van der Waals surface area contributed by atoms with E-state index >= 15 is 0 Å². The Hall–Kier alpha value is -1.33. The first-order valence-corrected chi connectivity index (χ1v) is 7.66. The van der Waals surface area contributed by atoms with Crippen LogP contribution < -0.4 is 0 Å². The lowest BCUT2D eigenvalue weighted by Gasteiger charge is -2.08. The predicted molar refractivity (Wildman–Crippen MR) is 81.8 cm³/mol. The number of Topliss-reactive ketones (excluding diaryl/α,β-unsaturated/α-hetero) is 1. The van der Waals surface area contributed by atoms with Crippen LogP contribution in [0.4, 0.5) is 4.39 Å². The summed E-state index contributed by atoms with van der Waals surface area (Å²) >= 11 is 4.84. The second-order valence-electron chi connectivity index (χ2n) is 4.26. The standard InChI is InChI=1S/C15H12BrFO2S/c1-9(18)14-7-12(17)5-10(15(14)19)8-20-13-4-2-3-11(16)6-13/h2-7,19H,8H2,1H3. The number of aromatic hydroxyl groups is 1. The summed E-state index contributed by atoms with van der Waals surface area (Å²) in [5, 5.41) is 10.0. The van der Waals surface area contributed by atoms with E-state index in [1.54, 1.807) is 0 Å². The van der Waals surface area contributed by atoms with Crippen LogP contribution in [-0.4, -0.2) is 10.9 Å². The van der Waals surface area contributed by atoms with Gasteiger partial charge < -0.3 is 5.11 Å². The Morgan fingerprint density at radius 1 is 1.35 bits per heavy atom. The van der Waals surface area contributed by atoms with Gasteiger partial charge in [-0.3, -0.25) is 4.79 Å². The molecule has 2 nitrogen and oxygen atoms in total. The van der Waals surface area contributed by atoms with Crippen molar-refractivity contribution in [3.63, 3.8) is 0 Å². The van der Waals surface area contributed by atoms with Gasteiger partial charge in [0.2, 0.25) is 0 Å². The maximum Gasteiger partial charge on any atom is 0.163 e. The fourth-order valence-electron chi connectivity index (χ4n) is 1.75. The van der Waals surface area contributed by atoms with Gasteiger partial charge in [-0.05, 0) is 37.3 Å². The molecule has 2 aromatic rings. The van der Waals surface area contributed by atoms with E-state index in [2.05, 4.69) is 15.9 Å². The van der Waals surface area contributed by atoms with Crippen molar-refractivity contribution in [2.75, 3.05) is 0 Å². The lowest BCUT2D eigenvalue weighted by molar-refractivity contribution is 0.101. The molecule has 0 aliphatic carbocycles. The Kier molecular flexibility index (Phi) is 4.83. The van der Waals surface area contributed by atoms with Crippen LogP contribution in [0.25, 0.3) is 0 Å². The molecule has 0 amide bonds. The summed E-state index contributed by atoms with van der Waals surface area (Å²) in [4.78, 5) is 12.3. The SMILES string of the molecule is CC(=O)c1cc(F)cc(CSc2cccc(Br)c2)c1O. The van der Waals surface area contributed by atoms with Gasteiger partial charge in [0, 0.05) is 20.7 Å². The number of phenolic OH excluding ortho intramolecular Hbond substituents is 1. The Balaban J connectivity index is 2.23. The minimum atomic E-state index is -0.516. The van der Waals surface area contributed by atoms with E-state index in [-0.39, 0.29) is 17.1 Å². The van der Waals surface area contributed by atoms with Crippen molar-refractivity contribution in [1.82, 2.24) is 0 Å². The van der Waals surface area contributed by atoms with Crippen LogP contribution in [0.1, 0.15) is 22.8 Å². The first-order valence-electron chi connectivity index (χ1n) is 5.88. The highest BCUT2D eigenvalue weighted by Crippen LogP contribution is 2.31. The van der Waals surface area contributed by atoms with Crippen LogP contribution in [-0.2, 0) is 5.75 Å². The van der Waals surface area contributed by atoms with E-state index in [1.165, 1.54) is 24.8 Å². The average Bonchev–Trinajstić information content (AvgIpc) is 2.39. The van der Waals surface area contributed by atoms with Crippen molar-refractivity contribution in [3.05, 3.63) is 57.8 Å². The number of rotatable bonds is 4. The molecule has 0 bridgehead atoms. The van der Waals surface area contributed by atoms with E-state index < -0.39 is 5.82 Å².